The Morgan fingerprint density at radius 2 is 1.79 bits per heavy atom. The summed E-state index contributed by atoms with van der Waals surface area (Å²) in [6, 6.07) is 13.1. The van der Waals surface area contributed by atoms with Gasteiger partial charge in [-0.05, 0) is 67.6 Å². The predicted molar refractivity (Wildman–Crippen MR) is 112 cm³/mol. The van der Waals surface area contributed by atoms with Crippen LogP contribution in [0.2, 0.25) is 0 Å². The van der Waals surface area contributed by atoms with Crippen LogP contribution in [0.15, 0.2) is 42.5 Å². The molecule has 0 aliphatic rings. The zero-order chi connectivity index (χ0) is 20.7. The Kier molecular flexibility index (Phi) is 7.61. The lowest BCUT2D eigenvalue weighted by molar-refractivity contribution is -0.127. The van der Waals surface area contributed by atoms with Gasteiger partial charge in [0.05, 0.1) is 0 Å². The minimum atomic E-state index is -0.615. The Morgan fingerprint density at radius 3 is 2.43 bits per heavy atom. The molecule has 0 spiro atoms. The van der Waals surface area contributed by atoms with Gasteiger partial charge >= 0.3 is 0 Å². The van der Waals surface area contributed by atoms with Gasteiger partial charge in [-0.15, -0.1) is 0 Å². The molecule has 5 nitrogen and oxygen atoms in total. The average Bonchev–Trinajstić information content (AvgIpc) is 2.66. The first-order valence-electron chi connectivity index (χ1n) is 9.73. The second-order valence-electron chi connectivity index (χ2n) is 7.21. The highest BCUT2D eigenvalue weighted by Crippen LogP contribution is 2.24. The van der Waals surface area contributed by atoms with Crippen LogP contribution in [0.25, 0.3) is 0 Å². The van der Waals surface area contributed by atoms with E-state index in [1.54, 1.807) is 19.1 Å². The molecule has 150 valence electrons. The van der Waals surface area contributed by atoms with E-state index in [9.17, 15) is 9.59 Å². The molecule has 28 heavy (non-hydrogen) atoms. The molecular formula is C23H30N2O3. The van der Waals surface area contributed by atoms with E-state index in [1.165, 1.54) is 5.56 Å². The molecule has 0 saturated heterocycles. The smallest absolute Gasteiger partial charge is 0.261 e. The van der Waals surface area contributed by atoms with Crippen molar-refractivity contribution in [3.63, 3.8) is 0 Å². The third-order valence-corrected chi connectivity index (χ3v) is 4.54. The maximum Gasteiger partial charge on any atom is 0.261 e. The van der Waals surface area contributed by atoms with Gasteiger partial charge in [-0.1, -0.05) is 32.0 Å². The Morgan fingerprint density at radius 1 is 1.04 bits per heavy atom. The van der Waals surface area contributed by atoms with Crippen molar-refractivity contribution < 1.29 is 14.3 Å². The summed E-state index contributed by atoms with van der Waals surface area (Å²) in [6.07, 6.45) is -0.615. The van der Waals surface area contributed by atoms with Crippen LogP contribution < -0.4 is 15.4 Å². The summed E-state index contributed by atoms with van der Waals surface area (Å²) in [5.74, 6) is 0.814. The molecule has 2 N–H and O–H groups in total. The largest absolute Gasteiger partial charge is 0.481 e. The molecular weight excluding hydrogens is 352 g/mol. The Labute approximate surface area is 167 Å². The summed E-state index contributed by atoms with van der Waals surface area (Å²) < 4.78 is 5.80. The van der Waals surface area contributed by atoms with Gasteiger partial charge in [0.1, 0.15) is 5.75 Å². The molecule has 2 aromatic rings. The van der Waals surface area contributed by atoms with Crippen LogP contribution in [0.5, 0.6) is 5.75 Å². The Bertz CT molecular complexity index is 830. The predicted octanol–water partition coefficient (Wildman–Crippen LogP) is 3.95. The van der Waals surface area contributed by atoms with Gasteiger partial charge < -0.3 is 15.4 Å². The van der Waals surface area contributed by atoms with Crippen molar-refractivity contribution in [1.82, 2.24) is 10.6 Å². The Hall–Kier alpha value is -2.82. The molecule has 2 amide bonds. The highest BCUT2D eigenvalue weighted by atomic mass is 16.5. The number of hydrogen-bond donors (Lipinski definition) is 2. The molecule has 0 saturated carbocycles. The van der Waals surface area contributed by atoms with Gasteiger partial charge in [-0.25, -0.2) is 0 Å². The number of nitrogens with one attached hydrogen (secondary N) is 2. The summed E-state index contributed by atoms with van der Waals surface area (Å²) >= 11 is 0. The number of rotatable bonds is 8. The zero-order valence-corrected chi connectivity index (χ0v) is 17.3. The molecule has 1 unspecified atom stereocenters. The van der Waals surface area contributed by atoms with Gasteiger partial charge in [-0.2, -0.15) is 0 Å². The molecule has 0 radical (unpaired) electrons. The van der Waals surface area contributed by atoms with Crippen LogP contribution in [0.3, 0.4) is 0 Å². The van der Waals surface area contributed by atoms with E-state index in [2.05, 4.69) is 31.4 Å². The zero-order valence-electron chi connectivity index (χ0n) is 17.3. The molecule has 0 bridgehead atoms. The number of amides is 2. The number of benzene rings is 2. The lowest BCUT2D eigenvalue weighted by atomic mass is 9.98. The summed E-state index contributed by atoms with van der Waals surface area (Å²) in [4.78, 5) is 24.3. The molecule has 0 aliphatic carbocycles. The van der Waals surface area contributed by atoms with Crippen molar-refractivity contribution in [2.75, 3.05) is 6.54 Å². The van der Waals surface area contributed by atoms with Crippen molar-refractivity contribution in [3.05, 3.63) is 64.7 Å². The van der Waals surface area contributed by atoms with E-state index >= 15 is 0 Å². The molecule has 0 aromatic heterocycles. The molecule has 0 heterocycles. The van der Waals surface area contributed by atoms with Crippen molar-refractivity contribution in [2.24, 2.45) is 0 Å². The highest BCUT2D eigenvalue weighted by Gasteiger charge is 2.15. The second kappa shape index (κ2) is 9.93. The molecule has 0 aliphatic heterocycles. The fourth-order valence-corrected chi connectivity index (χ4v) is 3.04. The molecule has 2 aromatic carbocycles. The quantitative estimate of drug-likeness (QED) is 0.726. The minimum absolute atomic E-state index is 0.118. The topological polar surface area (TPSA) is 67.4 Å². The third-order valence-electron chi connectivity index (χ3n) is 4.54. The number of carbonyl (C=O) groups is 2. The van der Waals surface area contributed by atoms with E-state index in [0.717, 1.165) is 11.1 Å². The van der Waals surface area contributed by atoms with E-state index in [1.807, 2.05) is 37.3 Å². The first-order valence-corrected chi connectivity index (χ1v) is 9.73. The molecule has 2 rings (SSSR count). The van der Waals surface area contributed by atoms with E-state index in [-0.39, 0.29) is 11.8 Å². The third kappa shape index (κ3) is 5.84. The monoisotopic (exact) mass is 382 g/mol. The summed E-state index contributed by atoms with van der Waals surface area (Å²) in [7, 11) is 0. The van der Waals surface area contributed by atoms with Gasteiger partial charge in [0.25, 0.3) is 11.8 Å². The molecule has 1 atom stereocenters. The normalized spacial score (nSPS) is 11.8. The van der Waals surface area contributed by atoms with E-state index in [4.69, 9.17) is 4.74 Å². The van der Waals surface area contributed by atoms with Crippen molar-refractivity contribution >= 4 is 11.8 Å². The lowest BCUT2D eigenvalue weighted by Gasteiger charge is -2.17. The van der Waals surface area contributed by atoms with Crippen LogP contribution in [0.4, 0.5) is 0 Å². The molecule has 0 fully saturated rings. The van der Waals surface area contributed by atoms with Crippen LogP contribution in [0, 0.1) is 6.92 Å². The maximum atomic E-state index is 12.4. The standard InChI is InChI=1S/C23H30N2O3/c1-6-24-23(27)19-9-7-8-18(13-19)14-25-22(26)17(5)28-20-10-11-21(15(2)3)16(4)12-20/h7-13,15,17H,6,14H2,1-5H3,(H,24,27)(H,25,26). The average molecular weight is 383 g/mol. The van der Waals surface area contributed by atoms with Gasteiger partial charge in [0.15, 0.2) is 6.10 Å². The van der Waals surface area contributed by atoms with Crippen LogP contribution in [-0.2, 0) is 11.3 Å². The van der Waals surface area contributed by atoms with Gasteiger partial charge in [0.2, 0.25) is 0 Å². The van der Waals surface area contributed by atoms with Crippen molar-refractivity contribution in [1.29, 1.82) is 0 Å². The van der Waals surface area contributed by atoms with Crippen LogP contribution in [0.1, 0.15) is 60.7 Å². The van der Waals surface area contributed by atoms with E-state index < -0.39 is 6.10 Å². The Balaban J connectivity index is 1.93. The maximum absolute atomic E-state index is 12.4. The van der Waals surface area contributed by atoms with Crippen LogP contribution >= 0.6 is 0 Å². The molecule has 5 heteroatoms. The fraction of sp³-hybridized carbons (Fsp3) is 0.391. The van der Waals surface area contributed by atoms with Gasteiger partial charge in [0, 0.05) is 18.7 Å². The number of ether oxygens (including phenoxy) is 1. The lowest BCUT2D eigenvalue weighted by Crippen LogP contribution is -2.36. The van der Waals surface area contributed by atoms with E-state index in [0.29, 0.717) is 30.3 Å². The highest BCUT2D eigenvalue weighted by molar-refractivity contribution is 5.94. The first-order chi connectivity index (χ1) is 13.3. The summed E-state index contributed by atoms with van der Waals surface area (Å²) in [5.41, 5.74) is 3.87. The van der Waals surface area contributed by atoms with Crippen molar-refractivity contribution in [3.8, 4) is 5.75 Å². The number of aryl methyl sites for hydroxylation is 1. The number of hydrogen-bond acceptors (Lipinski definition) is 3. The minimum Gasteiger partial charge on any atom is -0.481 e. The fourth-order valence-electron chi connectivity index (χ4n) is 3.04. The SMILES string of the molecule is CCNC(=O)c1cccc(CNC(=O)C(C)Oc2ccc(C(C)C)c(C)c2)c1. The van der Waals surface area contributed by atoms with Crippen molar-refractivity contribution in [2.45, 2.75) is 53.2 Å². The second-order valence-corrected chi connectivity index (χ2v) is 7.21. The summed E-state index contributed by atoms with van der Waals surface area (Å²) in [6.45, 7) is 10.9. The van der Waals surface area contributed by atoms with Crippen LogP contribution in [-0.4, -0.2) is 24.5 Å². The number of carbonyl (C=O) groups excluding carboxylic acids is 2. The van der Waals surface area contributed by atoms with Gasteiger partial charge in [-0.3, -0.25) is 9.59 Å². The summed E-state index contributed by atoms with van der Waals surface area (Å²) in [5, 5.41) is 5.63. The first kappa shape index (κ1) is 21.5.